The van der Waals surface area contributed by atoms with Crippen molar-refractivity contribution < 1.29 is 115 Å². The number of carboxylic acids is 2. The molecule has 0 radical (unpaired) electrons. The summed E-state index contributed by atoms with van der Waals surface area (Å²) in [5, 5.41) is 21.3. The molecule has 0 aromatic carbocycles. The van der Waals surface area contributed by atoms with Crippen LogP contribution < -0.4 is 58.6 Å². The third-order valence-corrected chi connectivity index (χ3v) is 6.55. The van der Waals surface area contributed by atoms with Crippen molar-refractivity contribution in [1.29, 1.82) is 0 Å². The Morgan fingerprint density at radius 2 is 1.14 bits per heavy atom. The van der Waals surface area contributed by atoms with Crippen molar-refractivity contribution in [3.63, 3.8) is 0 Å². The third kappa shape index (κ3) is 7.06. The Hall–Kier alpha value is -3.12. The number of carbonyl (C=O) groups excluding carboxylic acids is 4. The average molecular weight is 634 g/mol. The number of carboxylic acid groups (broad SMARTS) is 2. The molecule has 2 atom stereocenters. The van der Waals surface area contributed by atoms with Gasteiger partial charge in [0.05, 0.1) is 25.2 Å². The molecule has 22 heteroatoms. The monoisotopic (exact) mass is 634 g/mol. The molecule has 16 nitrogen and oxygen atoms in total. The summed E-state index contributed by atoms with van der Waals surface area (Å²) in [4.78, 5) is 58.5. The van der Waals surface area contributed by atoms with Crippen LogP contribution in [0.1, 0.15) is 0 Å². The summed E-state index contributed by atoms with van der Waals surface area (Å²) in [5.74, 6) is -5.40. The van der Waals surface area contributed by atoms with E-state index in [1.54, 1.807) is 34.4 Å². The van der Waals surface area contributed by atoms with Gasteiger partial charge in [-0.3, -0.25) is 0 Å². The number of fused-ring (bicyclic) bond motifs is 4. The molecule has 0 N–H and O–H groups in total. The molecule has 4 bridgehead atoms. The molecule has 44 heavy (non-hydrogen) atoms. The molecule has 0 spiro atoms. The molecule has 0 aromatic rings. The van der Waals surface area contributed by atoms with Crippen LogP contribution in [0, 0.1) is 0 Å². The van der Waals surface area contributed by atoms with Gasteiger partial charge in [0.15, 0.2) is 13.5 Å². The zero-order valence-electron chi connectivity index (χ0n) is 23.1. The fourth-order valence-electron chi connectivity index (χ4n) is 4.60. The van der Waals surface area contributed by atoms with Gasteiger partial charge in [0, 0.05) is 36.9 Å². The van der Waals surface area contributed by atoms with Crippen molar-refractivity contribution >= 4 is 24.0 Å². The van der Waals surface area contributed by atoms with Gasteiger partial charge >= 0.3 is 72.7 Å². The van der Waals surface area contributed by atoms with Crippen molar-refractivity contribution in [2.24, 2.45) is 0 Å². The Labute approximate surface area is 279 Å². The normalized spacial score (nSPS) is 23.4. The Morgan fingerprint density at radius 3 is 1.43 bits per heavy atom. The molecule has 2 fully saturated rings. The first-order valence-corrected chi connectivity index (χ1v) is 12.0. The van der Waals surface area contributed by atoms with E-state index in [-0.39, 0.29) is 88.1 Å². The molecule has 0 saturated carbocycles. The SMILES string of the molecule is O=C1N2CC(N3C=COC3)=CC(C2)N1OC(F)(F)C(=O)[O-].O=C1N2CC(N3C=COC3)=CC(C2)N1OC(F)(F)C(=O)[O-].[Li+].[Na+]. The summed E-state index contributed by atoms with van der Waals surface area (Å²) in [7, 11) is 0. The second-order valence-corrected chi connectivity index (χ2v) is 9.32. The van der Waals surface area contributed by atoms with Gasteiger partial charge in [0.2, 0.25) is 0 Å². The van der Waals surface area contributed by atoms with E-state index in [9.17, 15) is 47.0 Å². The Kier molecular flexibility index (Phi) is 10.8. The van der Waals surface area contributed by atoms with Crippen molar-refractivity contribution in [3.8, 4) is 0 Å². The molecule has 6 rings (SSSR count). The number of hydroxylamine groups is 4. The number of halogens is 4. The Balaban J connectivity index is 0.000000230. The molecule has 0 aliphatic carbocycles. The molecule has 0 aromatic heterocycles. The van der Waals surface area contributed by atoms with Crippen LogP contribution >= 0.6 is 0 Å². The number of aliphatic carboxylic acids is 2. The van der Waals surface area contributed by atoms with E-state index in [2.05, 4.69) is 9.68 Å². The van der Waals surface area contributed by atoms with Gasteiger partial charge in [0.25, 0.3) is 0 Å². The summed E-state index contributed by atoms with van der Waals surface area (Å²) in [6, 6.07) is -3.26. The van der Waals surface area contributed by atoms with Gasteiger partial charge in [-0.15, -0.1) is 0 Å². The van der Waals surface area contributed by atoms with Crippen LogP contribution in [0.3, 0.4) is 0 Å². The predicted octanol–water partition coefficient (Wildman–Crippen LogP) is -7.94. The predicted molar refractivity (Wildman–Crippen MR) is 117 cm³/mol. The van der Waals surface area contributed by atoms with Gasteiger partial charge in [0.1, 0.15) is 24.5 Å². The molecule has 6 aliphatic heterocycles. The van der Waals surface area contributed by atoms with E-state index in [1.165, 1.54) is 22.3 Å². The second-order valence-electron chi connectivity index (χ2n) is 9.32. The molecular weight excluding hydrogens is 614 g/mol. The number of alkyl halides is 4. The van der Waals surface area contributed by atoms with Gasteiger partial charge in [-0.1, -0.05) is 0 Å². The van der Waals surface area contributed by atoms with E-state index in [0.717, 1.165) is 0 Å². The summed E-state index contributed by atoms with van der Waals surface area (Å²) in [5.41, 5.74) is 1.35. The van der Waals surface area contributed by atoms with E-state index >= 15 is 0 Å². The number of nitrogens with zero attached hydrogens (tertiary/aromatic N) is 6. The first-order valence-electron chi connectivity index (χ1n) is 12.0. The summed E-state index contributed by atoms with van der Waals surface area (Å²) in [6.45, 7) is 1.20. The fraction of sp³-hybridized carbons (Fsp3) is 0.455. The first kappa shape index (κ1) is 35.4. The maximum Gasteiger partial charge on any atom is 1.00 e. The van der Waals surface area contributed by atoms with E-state index in [4.69, 9.17) is 9.47 Å². The van der Waals surface area contributed by atoms with Gasteiger partial charge in [-0.2, -0.15) is 37.4 Å². The van der Waals surface area contributed by atoms with Crippen LogP contribution in [-0.2, 0) is 28.7 Å². The standard InChI is InChI=1S/2C11H11F2N3O5.Li.Na/c2*12-11(13,9(17)18)21-16-8-3-7(14-1-2-20-6-14)4-15(5-8)10(16)19;;/h2*1-3,8H,4-6H2,(H,17,18);;/q;;2*+1/p-2. The number of rotatable bonds is 8. The van der Waals surface area contributed by atoms with Crippen molar-refractivity contribution in [3.05, 3.63) is 48.5 Å². The van der Waals surface area contributed by atoms with Gasteiger partial charge in [-0.25, -0.2) is 9.59 Å². The number of urea groups is 2. The molecule has 6 heterocycles. The van der Waals surface area contributed by atoms with Crippen LogP contribution in [0.15, 0.2) is 48.5 Å². The molecule has 6 aliphatic rings. The van der Waals surface area contributed by atoms with Gasteiger partial charge < -0.3 is 48.9 Å². The smallest absolute Gasteiger partial charge is 0.542 e. The number of ether oxygens (including phenoxy) is 2. The number of hydrogen-bond donors (Lipinski definition) is 0. The third-order valence-electron chi connectivity index (χ3n) is 6.55. The molecule has 2 unspecified atom stereocenters. The molecule has 2 saturated heterocycles. The molecular formula is C22H20F4LiN6NaO10. The quantitative estimate of drug-likeness (QED) is 0.183. The largest absolute Gasteiger partial charge is 1.00 e. The van der Waals surface area contributed by atoms with E-state index < -0.39 is 48.3 Å². The fourth-order valence-corrected chi connectivity index (χ4v) is 4.60. The zero-order chi connectivity index (χ0) is 30.4. The van der Waals surface area contributed by atoms with Crippen LogP contribution in [0.2, 0.25) is 0 Å². The van der Waals surface area contributed by atoms with Crippen LogP contribution in [0.5, 0.6) is 0 Å². The average Bonchev–Trinajstić information content (AvgIpc) is 3.74. The topological polar surface area (TPSA) is 171 Å². The maximum atomic E-state index is 13.1. The van der Waals surface area contributed by atoms with Crippen molar-refractivity contribution in [1.82, 2.24) is 29.7 Å². The minimum atomic E-state index is -4.57. The van der Waals surface area contributed by atoms with Crippen LogP contribution in [0.4, 0.5) is 27.2 Å². The zero-order valence-corrected chi connectivity index (χ0v) is 25.1. The van der Waals surface area contributed by atoms with E-state index in [0.29, 0.717) is 21.5 Å². The first-order chi connectivity index (χ1) is 19.8. The Morgan fingerprint density at radius 1 is 0.773 bits per heavy atom. The number of carbonyl (C=O) groups is 4. The van der Waals surface area contributed by atoms with Crippen LogP contribution in [0.25, 0.3) is 0 Å². The van der Waals surface area contributed by atoms with Crippen LogP contribution in [-0.4, -0.2) is 118 Å². The Bertz CT molecular complexity index is 1210. The maximum absolute atomic E-state index is 13.1. The van der Waals surface area contributed by atoms with Gasteiger partial charge in [-0.05, 0) is 12.2 Å². The summed E-state index contributed by atoms with van der Waals surface area (Å²) in [6.07, 6.45) is 0.196. The second kappa shape index (κ2) is 13.5. The van der Waals surface area contributed by atoms with Crippen molar-refractivity contribution in [2.45, 2.75) is 24.3 Å². The minimum Gasteiger partial charge on any atom is -0.542 e. The van der Waals surface area contributed by atoms with E-state index in [1.807, 2.05) is 0 Å². The minimum absolute atomic E-state index is 0. The van der Waals surface area contributed by atoms with Crippen molar-refractivity contribution in [2.75, 3.05) is 39.6 Å². The number of amides is 4. The summed E-state index contributed by atoms with van der Waals surface area (Å²) >= 11 is 0. The summed E-state index contributed by atoms with van der Waals surface area (Å²) < 4.78 is 62.3. The molecule has 228 valence electrons. The number of hydrogen-bond acceptors (Lipinski definition) is 12. The molecule has 4 amide bonds.